The Morgan fingerprint density at radius 2 is 1.80 bits per heavy atom. The quantitative estimate of drug-likeness (QED) is 0.564. The Morgan fingerprint density at radius 3 is 2.33 bits per heavy atom. The number of hydrogen-bond acceptors (Lipinski definition) is 2. The van der Waals surface area contributed by atoms with Crippen LogP contribution in [0.3, 0.4) is 0 Å². The lowest BCUT2D eigenvalue weighted by atomic mass is 10.4. The maximum atomic E-state index is 11.7. The maximum absolute atomic E-state index is 11.7. The average Bonchev–Trinajstić information content (AvgIpc) is 2.17. The molecule has 1 unspecified atom stereocenters. The molecule has 3 nitrogen and oxygen atoms in total. The zero-order valence-electron chi connectivity index (χ0n) is 9.56. The summed E-state index contributed by atoms with van der Waals surface area (Å²) in [6.45, 7) is 1.40. The van der Waals surface area contributed by atoms with Crippen LogP contribution < -0.4 is 5.30 Å². The first-order valence-corrected chi connectivity index (χ1v) is 6.33. The Bertz CT molecular complexity index is 319. The van der Waals surface area contributed by atoms with Crippen LogP contribution in [0, 0.1) is 0 Å². The van der Waals surface area contributed by atoms with E-state index in [0.29, 0.717) is 6.61 Å². The van der Waals surface area contributed by atoms with Gasteiger partial charge in [0.25, 0.3) is 0 Å². The summed E-state index contributed by atoms with van der Waals surface area (Å²) in [6.07, 6.45) is 0. The van der Waals surface area contributed by atoms with Crippen molar-refractivity contribution in [2.45, 2.75) is 0 Å². The van der Waals surface area contributed by atoms with Gasteiger partial charge in [-0.25, -0.2) is 0 Å². The normalized spacial score (nSPS) is 13.8. The van der Waals surface area contributed by atoms with Crippen LogP contribution in [-0.4, -0.2) is 38.8 Å². The molecule has 0 fully saturated rings. The maximum Gasteiger partial charge on any atom is 0.220 e. The van der Waals surface area contributed by atoms with Crippen LogP contribution in [0.1, 0.15) is 0 Å². The van der Waals surface area contributed by atoms with Crippen molar-refractivity contribution in [1.29, 1.82) is 0 Å². The molecule has 0 aliphatic heterocycles. The van der Waals surface area contributed by atoms with Crippen molar-refractivity contribution in [3.05, 3.63) is 30.3 Å². The van der Waals surface area contributed by atoms with Crippen molar-refractivity contribution in [3.8, 4) is 0 Å². The number of hydrogen-bond donors (Lipinski definition) is 0. The predicted octanol–water partition coefficient (Wildman–Crippen LogP) is 1.51. The molecule has 0 bridgehead atoms. The summed E-state index contributed by atoms with van der Waals surface area (Å²) in [5.41, 5.74) is 0. The third-order valence-corrected chi connectivity index (χ3v) is 3.28. The second-order valence-electron chi connectivity index (χ2n) is 4.52. The van der Waals surface area contributed by atoms with Gasteiger partial charge in [0.2, 0.25) is 8.03 Å². The molecular formula is C11H19NO2P+. The van der Waals surface area contributed by atoms with Crippen LogP contribution >= 0.6 is 8.03 Å². The van der Waals surface area contributed by atoms with Crippen molar-refractivity contribution in [3.63, 3.8) is 0 Å². The minimum atomic E-state index is -2.05. The largest absolute Gasteiger partial charge is 0.329 e. The SMILES string of the molecule is C[N+](C)(C)CCO[PH](=O)c1ccccc1. The van der Waals surface area contributed by atoms with Crippen molar-refractivity contribution < 1.29 is 13.6 Å². The molecule has 4 heteroatoms. The molecule has 0 saturated carbocycles. The first-order valence-electron chi connectivity index (χ1n) is 5.02. The molecule has 0 aromatic heterocycles. The summed E-state index contributed by atoms with van der Waals surface area (Å²) in [5.74, 6) is 0. The van der Waals surface area contributed by atoms with Gasteiger partial charge in [-0.05, 0) is 12.1 Å². The molecule has 0 heterocycles. The number of likely N-dealkylation sites (N-methyl/N-ethyl adjacent to an activating group) is 1. The average molecular weight is 228 g/mol. The van der Waals surface area contributed by atoms with Crippen LogP contribution in [0.2, 0.25) is 0 Å². The molecule has 0 N–H and O–H groups in total. The van der Waals surface area contributed by atoms with Crippen LogP contribution in [0.15, 0.2) is 30.3 Å². The molecule has 15 heavy (non-hydrogen) atoms. The van der Waals surface area contributed by atoms with Crippen molar-refractivity contribution in [2.75, 3.05) is 34.3 Å². The Morgan fingerprint density at radius 1 is 1.20 bits per heavy atom. The van der Waals surface area contributed by atoms with Gasteiger partial charge in [-0.15, -0.1) is 0 Å². The lowest BCUT2D eigenvalue weighted by Crippen LogP contribution is -2.37. The molecule has 0 amide bonds. The van der Waals surface area contributed by atoms with E-state index >= 15 is 0 Å². The van der Waals surface area contributed by atoms with E-state index in [9.17, 15) is 4.57 Å². The Hall–Kier alpha value is -0.630. The first-order chi connectivity index (χ1) is 6.99. The second kappa shape index (κ2) is 5.45. The smallest absolute Gasteiger partial charge is 0.220 e. The van der Waals surface area contributed by atoms with Crippen LogP contribution in [-0.2, 0) is 9.09 Å². The van der Waals surface area contributed by atoms with Gasteiger partial charge >= 0.3 is 0 Å². The third kappa shape index (κ3) is 5.12. The van der Waals surface area contributed by atoms with E-state index in [2.05, 4.69) is 21.1 Å². The van der Waals surface area contributed by atoms with Gasteiger partial charge in [0, 0.05) is 5.30 Å². The highest BCUT2D eigenvalue weighted by Crippen LogP contribution is 2.20. The Balaban J connectivity index is 2.38. The van der Waals surface area contributed by atoms with E-state index in [1.165, 1.54) is 0 Å². The van der Waals surface area contributed by atoms with Gasteiger partial charge in [0.05, 0.1) is 21.1 Å². The summed E-state index contributed by atoms with van der Waals surface area (Å²) >= 11 is 0. The number of nitrogens with zero attached hydrogens (tertiary/aromatic N) is 1. The van der Waals surface area contributed by atoms with Crippen molar-refractivity contribution in [2.24, 2.45) is 0 Å². The van der Waals surface area contributed by atoms with Crippen LogP contribution in [0.5, 0.6) is 0 Å². The molecule has 1 aromatic rings. The molecule has 84 valence electrons. The minimum absolute atomic E-state index is 0.538. The molecular weight excluding hydrogens is 209 g/mol. The molecule has 1 rings (SSSR count). The molecule has 1 atom stereocenters. The molecule has 0 aliphatic carbocycles. The van der Waals surface area contributed by atoms with E-state index < -0.39 is 8.03 Å². The lowest BCUT2D eigenvalue weighted by molar-refractivity contribution is -0.870. The fraction of sp³-hybridized carbons (Fsp3) is 0.455. The second-order valence-corrected chi connectivity index (χ2v) is 5.96. The fourth-order valence-corrected chi connectivity index (χ4v) is 1.98. The van der Waals surface area contributed by atoms with Gasteiger partial charge in [0.1, 0.15) is 13.2 Å². The molecule has 0 saturated heterocycles. The summed E-state index contributed by atoms with van der Waals surface area (Å²) in [5, 5.41) is 0.795. The van der Waals surface area contributed by atoms with Gasteiger partial charge in [-0.2, -0.15) is 0 Å². The summed E-state index contributed by atoms with van der Waals surface area (Å²) in [7, 11) is 4.21. The van der Waals surface area contributed by atoms with E-state index in [4.69, 9.17) is 4.52 Å². The zero-order chi connectivity index (χ0) is 11.3. The van der Waals surface area contributed by atoms with E-state index in [0.717, 1.165) is 16.3 Å². The Kier molecular flexibility index (Phi) is 4.52. The van der Waals surface area contributed by atoms with Gasteiger partial charge in [0.15, 0.2) is 0 Å². The molecule has 0 radical (unpaired) electrons. The van der Waals surface area contributed by atoms with E-state index in [1.54, 1.807) is 0 Å². The number of benzene rings is 1. The monoisotopic (exact) mass is 228 g/mol. The fourth-order valence-electron chi connectivity index (χ4n) is 1.07. The summed E-state index contributed by atoms with van der Waals surface area (Å²) in [4.78, 5) is 0. The standard InChI is InChI=1S/C11H19NO2P/c1-12(2,3)9-10-14-15(13)11-7-5-4-6-8-11/h4-8,15H,9-10H2,1-3H3/q+1. The highest BCUT2D eigenvalue weighted by molar-refractivity contribution is 7.48. The molecule has 1 aromatic carbocycles. The van der Waals surface area contributed by atoms with Gasteiger partial charge in [-0.1, -0.05) is 18.2 Å². The predicted molar refractivity (Wildman–Crippen MR) is 63.9 cm³/mol. The molecule has 0 spiro atoms. The van der Waals surface area contributed by atoms with E-state index in [1.807, 2.05) is 30.3 Å². The summed E-state index contributed by atoms with van der Waals surface area (Å²) in [6, 6.07) is 9.34. The zero-order valence-corrected chi connectivity index (χ0v) is 10.6. The van der Waals surface area contributed by atoms with Gasteiger partial charge < -0.3 is 9.01 Å². The number of quaternary nitrogens is 1. The van der Waals surface area contributed by atoms with Gasteiger partial charge in [-0.3, -0.25) is 4.57 Å². The highest BCUT2D eigenvalue weighted by Gasteiger charge is 2.08. The first kappa shape index (κ1) is 12.4. The van der Waals surface area contributed by atoms with Crippen LogP contribution in [0.4, 0.5) is 0 Å². The topological polar surface area (TPSA) is 26.3 Å². The highest BCUT2D eigenvalue weighted by atomic mass is 31.1. The van der Waals surface area contributed by atoms with Crippen LogP contribution in [0.25, 0.3) is 0 Å². The minimum Gasteiger partial charge on any atom is -0.329 e. The van der Waals surface area contributed by atoms with Crippen molar-refractivity contribution >= 4 is 13.3 Å². The lowest BCUT2D eigenvalue weighted by Gasteiger charge is -2.23. The van der Waals surface area contributed by atoms with E-state index in [-0.39, 0.29) is 0 Å². The number of rotatable bonds is 5. The molecule has 0 aliphatic rings. The summed E-state index contributed by atoms with van der Waals surface area (Å²) < 4.78 is 17.8. The Labute approximate surface area is 92.1 Å². The van der Waals surface area contributed by atoms with Crippen molar-refractivity contribution in [1.82, 2.24) is 0 Å². The third-order valence-electron chi connectivity index (χ3n) is 2.00.